The molecule has 0 atom stereocenters. The lowest BCUT2D eigenvalue weighted by molar-refractivity contribution is -0.116. The van der Waals surface area contributed by atoms with E-state index in [2.05, 4.69) is 10.3 Å². The topological polar surface area (TPSA) is 73.6 Å². The van der Waals surface area contributed by atoms with Crippen molar-refractivity contribution in [2.75, 3.05) is 12.4 Å². The Labute approximate surface area is 151 Å². The van der Waals surface area contributed by atoms with Crippen molar-refractivity contribution in [1.29, 1.82) is 0 Å². The molecule has 3 rings (SSSR count). The summed E-state index contributed by atoms with van der Waals surface area (Å²) in [7, 11) is 1.58. The van der Waals surface area contributed by atoms with Gasteiger partial charge in [-0.15, -0.1) is 0 Å². The molecule has 0 bridgehead atoms. The summed E-state index contributed by atoms with van der Waals surface area (Å²) in [5.74, 6) is 1.85. The molecule has 0 radical (unpaired) electrons. The largest absolute Gasteiger partial charge is 0.493 e. The maximum absolute atomic E-state index is 12.1. The van der Waals surface area contributed by atoms with E-state index in [-0.39, 0.29) is 5.91 Å². The molecular formula is C20H20N2O4. The number of rotatable bonds is 8. The molecule has 1 amide bonds. The highest BCUT2D eigenvalue weighted by Gasteiger charge is 2.09. The van der Waals surface area contributed by atoms with Crippen molar-refractivity contribution in [1.82, 2.24) is 4.98 Å². The van der Waals surface area contributed by atoms with Crippen LogP contribution in [0, 0.1) is 0 Å². The zero-order valence-electron chi connectivity index (χ0n) is 14.5. The lowest BCUT2D eigenvalue weighted by Crippen LogP contribution is -2.12. The Bertz CT molecular complexity index is 832. The number of aromatic nitrogens is 1. The number of benzene rings is 1. The summed E-state index contributed by atoms with van der Waals surface area (Å²) in [4.78, 5) is 16.2. The summed E-state index contributed by atoms with van der Waals surface area (Å²) >= 11 is 0. The standard InChI is InChI=1S/C20H20N2O4/c1-24-18-8-6-16(22-20(23)9-7-17-5-3-11-25-17)12-19(18)26-14-15-4-2-10-21-13-15/h2-6,8,10-13H,7,9,14H2,1H3,(H,22,23). The molecule has 0 saturated heterocycles. The lowest BCUT2D eigenvalue weighted by atomic mass is 10.2. The fourth-order valence-electron chi connectivity index (χ4n) is 2.43. The summed E-state index contributed by atoms with van der Waals surface area (Å²) in [6.45, 7) is 0.361. The minimum atomic E-state index is -0.0928. The van der Waals surface area contributed by atoms with Crippen molar-refractivity contribution in [2.45, 2.75) is 19.4 Å². The minimum absolute atomic E-state index is 0.0928. The van der Waals surface area contributed by atoms with Gasteiger partial charge in [0.25, 0.3) is 0 Å². The number of carbonyl (C=O) groups excluding carboxylic acids is 1. The third kappa shape index (κ3) is 4.86. The molecule has 0 saturated carbocycles. The van der Waals surface area contributed by atoms with Gasteiger partial charge in [0.2, 0.25) is 5.91 Å². The van der Waals surface area contributed by atoms with Crippen LogP contribution in [0.1, 0.15) is 17.7 Å². The molecule has 0 spiro atoms. The average molecular weight is 352 g/mol. The molecule has 1 aromatic carbocycles. The van der Waals surface area contributed by atoms with E-state index < -0.39 is 0 Å². The summed E-state index contributed by atoms with van der Waals surface area (Å²) < 4.78 is 16.4. The molecule has 0 unspecified atom stereocenters. The van der Waals surface area contributed by atoms with Crippen molar-refractivity contribution >= 4 is 11.6 Å². The van der Waals surface area contributed by atoms with Crippen LogP contribution in [0.3, 0.4) is 0 Å². The van der Waals surface area contributed by atoms with E-state index in [9.17, 15) is 4.79 Å². The van der Waals surface area contributed by atoms with Gasteiger partial charge in [0, 0.05) is 42.6 Å². The number of pyridine rings is 1. The van der Waals surface area contributed by atoms with Gasteiger partial charge in [-0.2, -0.15) is 0 Å². The van der Waals surface area contributed by atoms with E-state index in [1.54, 1.807) is 44.0 Å². The number of amides is 1. The van der Waals surface area contributed by atoms with Gasteiger partial charge >= 0.3 is 0 Å². The first kappa shape index (κ1) is 17.5. The molecule has 3 aromatic rings. The fourth-order valence-corrected chi connectivity index (χ4v) is 2.43. The predicted molar refractivity (Wildman–Crippen MR) is 97.2 cm³/mol. The van der Waals surface area contributed by atoms with E-state index >= 15 is 0 Å². The molecule has 6 heteroatoms. The highest BCUT2D eigenvalue weighted by Crippen LogP contribution is 2.31. The monoisotopic (exact) mass is 352 g/mol. The number of ether oxygens (including phenoxy) is 2. The number of nitrogens with one attached hydrogen (secondary N) is 1. The van der Waals surface area contributed by atoms with E-state index in [1.165, 1.54) is 0 Å². The van der Waals surface area contributed by atoms with Crippen molar-refractivity contribution in [3.05, 3.63) is 72.4 Å². The maximum Gasteiger partial charge on any atom is 0.224 e. The third-order valence-electron chi connectivity index (χ3n) is 3.74. The number of anilines is 1. The number of furan rings is 1. The van der Waals surface area contributed by atoms with Crippen LogP contribution >= 0.6 is 0 Å². The van der Waals surface area contributed by atoms with Gasteiger partial charge in [-0.25, -0.2) is 0 Å². The highest BCUT2D eigenvalue weighted by molar-refractivity contribution is 5.91. The molecule has 1 N–H and O–H groups in total. The number of hydrogen-bond donors (Lipinski definition) is 1. The van der Waals surface area contributed by atoms with E-state index in [0.29, 0.717) is 36.6 Å². The SMILES string of the molecule is COc1ccc(NC(=O)CCc2ccco2)cc1OCc1cccnc1. The van der Waals surface area contributed by atoms with Gasteiger partial charge in [0.15, 0.2) is 11.5 Å². The van der Waals surface area contributed by atoms with Gasteiger partial charge in [-0.05, 0) is 30.3 Å². The lowest BCUT2D eigenvalue weighted by Gasteiger charge is -2.13. The Balaban J connectivity index is 1.61. The number of methoxy groups -OCH3 is 1. The molecule has 6 nitrogen and oxygen atoms in total. The summed E-state index contributed by atoms with van der Waals surface area (Å²) in [6.07, 6.45) is 5.95. The summed E-state index contributed by atoms with van der Waals surface area (Å²) in [5, 5.41) is 2.87. The number of aryl methyl sites for hydroxylation is 1. The Kier molecular flexibility index (Phi) is 5.88. The van der Waals surface area contributed by atoms with Gasteiger partial charge in [-0.1, -0.05) is 6.07 Å². The third-order valence-corrected chi connectivity index (χ3v) is 3.74. The zero-order valence-corrected chi connectivity index (χ0v) is 14.5. The average Bonchev–Trinajstić information content (AvgIpc) is 3.19. The van der Waals surface area contributed by atoms with Crippen LogP contribution in [0.2, 0.25) is 0 Å². The van der Waals surface area contributed by atoms with Crippen LogP contribution in [-0.2, 0) is 17.8 Å². The molecule has 26 heavy (non-hydrogen) atoms. The van der Waals surface area contributed by atoms with Crippen LogP contribution in [0.15, 0.2) is 65.5 Å². The normalized spacial score (nSPS) is 10.3. The first-order valence-corrected chi connectivity index (χ1v) is 8.26. The van der Waals surface area contributed by atoms with Gasteiger partial charge in [0.05, 0.1) is 13.4 Å². The molecule has 0 aliphatic rings. The van der Waals surface area contributed by atoms with Crippen LogP contribution < -0.4 is 14.8 Å². The number of nitrogens with zero attached hydrogens (tertiary/aromatic N) is 1. The van der Waals surface area contributed by atoms with Gasteiger partial charge in [-0.3, -0.25) is 9.78 Å². The quantitative estimate of drug-likeness (QED) is 0.667. The van der Waals surface area contributed by atoms with Gasteiger partial charge in [0.1, 0.15) is 12.4 Å². The molecule has 2 aromatic heterocycles. The van der Waals surface area contributed by atoms with Crippen molar-refractivity contribution < 1.29 is 18.7 Å². The van der Waals surface area contributed by atoms with E-state index in [1.807, 2.05) is 24.3 Å². The summed E-state index contributed by atoms with van der Waals surface area (Å²) in [5.41, 5.74) is 1.60. The molecule has 134 valence electrons. The van der Waals surface area contributed by atoms with E-state index in [0.717, 1.165) is 11.3 Å². The number of carbonyl (C=O) groups is 1. The molecule has 0 aliphatic carbocycles. The first-order chi connectivity index (χ1) is 12.7. The maximum atomic E-state index is 12.1. The van der Waals surface area contributed by atoms with Crippen molar-refractivity contribution in [3.63, 3.8) is 0 Å². The highest BCUT2D eigenvalue weighted by atomic mass is 16.5. The van der Waals surface area contributed by atoms with Crippen LogP contribution in [0.25, 0.3) is 0 Å². The molecule has 0 aliphatic heterocycles. The molecular weight excluding hydrogens is 332 g/mol. The Morgan fingerprint density at radius 3 is 2.85 bits per heavy atom. The Hall–Kier alpha value is -3.28. The van der Waals surface area contributed by atoms with Crippen LogP contribution in [0.4, 0.5) is 5.69 Å². The second kappa shape index (κ2) is 8.71. The smallest absolute Gasteiger partial charge is 0.224 e. The van der Waals surface area contributed by atoms with E-state index in [4.69, 9.17) is 13.9 Å². The second-order valence-electron chi connectivity index (χ2n) is 5.64. The molecule has 0 fully saturated rings. The van der Waals surface area contributed by atoms with Crippen LogP contribution in [0.5, 0.6) is 11.5 Å². The first-order valence-electron chi connectivity index (χ1n) is 8.26. The van der Waals surface area contributed by atoms with Gasteiger partial charge < -0.3 is 19.2 Å². The second-order valence-corrected chi connectivity index (χ2v) is 5.64. The predicted octanol–water partition coefficient (Wildman–Crippen LogP) is 3.83. The van der Waals surface area contributed by atoms with Crippen molar-refractivity contribution in [3.8, 4) is 11.5 Å². The van der Waals surface area contributed by atoms with Crippen LogP contribution in [-0.4, -0.2) is 18.0 Å². The van der Waals surface area contributed by atoms with Crippen molar-refractivity contribution in [2.24, 2.45) is 0 Å². The Morgan fingerprint density at radius 2 is 2.12 bits per heavy atom. The summed E-state index contributed by atoms with van der Waals surface area (Å²) in [6, 6.07) is 12.7. The Morgan fingerprint density at radius 1 is 1.19 bits per heavy atom. The minimum Gasteiger partial charge on any atom is -0.493 e. The molecule has 2 heterocycles. The number of hydrogen-bond acceptors (Lipinski definition) is 5. The zero-order chi connectivity index (χ0) is 18.2. The fraction of sp³-hybridized carbons (Fsp3) is 0.200.